The van der Waals surface area contributed by atoms with E-state index in [0.29, 0.717) is 12.1 Å². The van der Waals surface area contributed by atoms with Crippen molar-refractivity contribution < 1.29 is 4.39 Å². The number of benzene rings is 1. The number of nitrogens with zero attached hydrogens (tertiary/aromatic N) is 2. The van der Waals surface area contributed by atoms with Gasteiger partial charge in [-0.25, -0.2) is 9.38 Å². The average molecular weight is 422 g/mol. The van der Waals surface area contributed by atoms with Crippen molar-refractivity contribution >= 4 is 29.9 Å². The van der Waals surface area contributed by atoms with Gasteiger partial charge in [0.2, 0.25) is 0 Å². The van der Waals surface area contributed by atoms with Crippen LogP contribution >= 0.6 is 24.0 Å². The Hall–Kier alpha value is -0.890. The lowest BCUT2D eigenvalue weighted by molar-refractivity contribution is 0.357. The molecule has 0 saturated heterocycles. The van der Waals surface area contributed by atoms with E-state index in [2.05, 4.69) is 34.5 Å². The van der Waals surface area contributed by atoms with Gasteiger partial charge in [0.05, 0.1) is 6.54 Å². The summed E-state index contributed by atoms with van der Waals surface area (Å²) in [5, 5.41) is 6.48. The van der Waals surface area contributed by atoms with Crippen LogP contribution in [0.2, 0.25) is 0 Å². The molecule has 0 bridgehead atoms. The van der Waals surface area contributed by atoms with E-state index in [4.69, 9.17) is 0 Å². The van der Waals surface area contributed by atoms with E-state index in [0.717, 1.165) is 37.7 Å². The van der Waals surface area contributed by atoms with E-state index < -0.39 is 0 Å². The lowest BCUT2D eigenvalue weighted by Crippen LogP contribution is -2.40. The molecular formula is C16H28FIN4. The van der Waals surface area contributed by atoms with Gasteiger partial charge in [-0.05, 0) is 44.6 Å². The number of likely N-dealkylation sites (N-methyl/N-ethyl adjacent to an activating group) is 1. The highest BCUT2D eigenvalue weighted by Gasteiger charge is 2.01. The monoisotopic (exact) mass is 422 g/mol. The van der Waals surface area contributed by atoms with Crippen LogP contribution in [0.5, 0.6) is 0 Å². The summed E-state index contributed by atoms with van der Waals surface area (Å²) in [7, 11) is 2.08. The molecule has 22 heavy (non-hydrogen) atoms. The van der Waals surface area contributed by atoms with Crippen LogP contribution in [-0.4, -0.2) is 44.1 Å². The first kappa shape index (κ1) is 21.1. The standard InChI is InChI=1S/C16H27FN4.HI/c1-5-18-16(19-9-10-21(4)6-2)20-12-14-8-7-13(3)15(17)11-14;/h7-8,11H,5-6,9-10,12H2,1-4H3,(H2,18,19,20);1H. The Morgan fingerprint density at radius 3 is 2.59 bits per heavy atom. The fourth-order valence-corrected chi connectivity index (χ4v) is 1.77. The van der Waals surface area contributed by atoms with Crippen LogP contribution in [0.3, 0.4) is 0 Å². The quantitative estimate of drug-likeness (QED) is 0.404. The molecule has 0 aromatic heterocycles. The zero-order valence-electron chi connectivity index (χ0n) is 13.9. The molecule has 0 aliphatic carbocycles. The summed E-state index contributed by atoms with van der Waals surface area (Å²) in [5.41, 5.74) is 1.54. The van der Waals surface area contributed by atoms with Crippen molar-refractivity contribution in [1.82, 2.24) is 15.5 Å². The Labute approximate surface area is 150 Å². The second-order valence-corrected chi connectivity index (χ2v) is 5.10. The van der Waals surface area contributed by atoms with Crippen LogP contribution in [0.4, 0.5) is 4.39 Å². The molecule has 1 aromatic rings. The SMILES string of the molecule is CCNC(=NCc1ccc(C)c(F)c1)NCCN(C)CC.I. The molecule has 6 heteroatoms. The van der Waals surface area contributed by atoms with Gasteiger partial charge in [0.25, 0.3) is 0 Å². The summed E-state index contributed by atoms with van der Waals surface area (Å²) >= 11 is 0. The predicted octanol–water partition coefficient (Wildman–Crippen LogP) is 2.76. The highest BCUT2D eigenvalue weighted by Crippen LogP contribution is 2.09. The van der Waals surface area contributed by atoms with Crippen molar-refractivity contribution in [2.24, 2.45) is 4.99 Å². The van der Waals surface area contributed by atoms with Crippen LogP contribution in [0.25, 0.3) is 0 Å². The third-order valence-corrected chi connectivity index (χ3v) is 3.33. The first-order valence-electron chi connectivity index (χ1n) is 7.52. The number of aryl methyl sites for hydroxylation is 1. The van der Waals surface area contributed by atoms with E-state index >= 15 is 0 Å². The van der Waals surface area contributed by atoms with E-state index in [9.17, 15) is 4.39 Å². The number of hydrogen-bond acceptors (Lipinski definition) is 2. The summed E-state index contributed by atoms with van der Waals surface area (Å²) in [4.78, 5) is 6.71. The third kappa shape index (κ3) is 7.93. The van der Waals surface area contributed by atoms with Crippen LogP contribution in [-0.2, 0) is 6.54 Å². The summed E-state index contributed by atoms with van der Waals surface area (Å²) in [6, 6.07) is 5.25. The summed E-state index contributed by atoms with van der Waals surface area (Å²) in [5.74, 6) is 0.591. The normalized spacial score (nSPS) is 11.3. The molecule has 126 valence electrons. The number of halogens is 2. The van der Waals surface area contributed by atoms with Crippen LogP contribution in [0.1, 0.15) is 25.0 Å². The maximum Gasteiger partial charge on any atom is 0.191 e. The Morgan fingerprint density at radius 2 is 2.00 bits per heavy atom. The van der Waals surface area contributed by atoms with Gasteiger partial charge in [-0.2, -0.15) is 0 Å². The molecule has 0 aliphatic rings. The number of hydrogen-bond donors (Lipinski definition) is 2. The van der Waals surface area contributed by atoms with E-state index in [-0.39, 0.29) is 29.8 Å². The molecule has 0 amide bonds. The summed E-state index contributed by atoms with van der Waals surface area (Å²) < 4.78 is 13.5. The summed E-state index contributed by atoms with van der Waals surface area (Å²) in [6.07, 6.45) is 0. The Kier molecular flexibility index (Phi) is 11.2. The Balaban J connectivity index is 0.00000441. The molecule has 0 fully saturated rings. The molecule has 1 rings (SSSR count). The van der Waals surface area contributed by atoms with Crippen molar-refractivity contribution in [3.63, 3.8) is 0 Å². The molecule has 0 radical (unpaired) electrons. The van der Waals surface area contributed by atoms with Gasteiger partial charge < -0.3 is 15.5 Å². The molecule has 0 heterocycles. The Morgan fingerprint density at radius 1 is 1.27 bits per heavy atom. The van der Waals surface area contributed by atoms with Crippen molar-refractivity contribution in [3.8, 4) is 0 Å². The largest absolute Gasteiger partial charge is 0.357 e. The second-order valence-electron chi connectivity index (χ2n) is 5.10. The van der Waals surface area contributed by atoms with Crippen LogP contribution in [0.15, 0.2) is 23.2 Å². The van der Waals surface area contributed by atoms with E-state index in [1.807, 2.05) is 13.0 Å². The lowest BCUT2D eigenvalue weighted by Gasteiger charge is -2.16. The maximum absolute atomic E-state index is 13.5. The van der Waals surface area contributed by atoms with Gasteiger partial charge in [0, 0.05) is 19.6 Å². The number of rotatable bonds is 7. The number of guanidine groups is 1. The van der Waals surface area contributed by atoms with Crippen molar-refractivity contribution in [2.45, 2.75) is 27.3 Å². The topological polar surface area (TPSA) is 39.7 Å². The van der Waals surface area contributed by atoms with Gasteiger partial charge >= 0.3 is 0 Å². The van der Waals surface area contributed by atoms with Crippen LogP contribution < -0.4 is 10.6 Å². The number of aliphatic imine (C=N–C) groups is 1. The summed E-state index contributed by atoms with van der Waals surface area (Å²) in [6.45, 7) is 10.0. The molecule has 1 aromatic carbocycles. The van der Waals surface area contributed by atoms with Gasteiger partial charge in [0.1, 0.15) is 5.82 Å². The minimum Gasteiger partial charge on any atom is -0.357 e. The second kappa shape index (κ2) is 11.6. The van der Waals surface area contributed by atoms with Crippen molar-refractivity contribution in [2.75, 3.05) is 33.2 Å². The van der Waals surface area contributed by atoms with Crippen LogP contribution in [0, 0.1) is 12.7 Å². The average Bonchev–Trinajstić information content (AvgIpc) is 2.48. The third-order valence-electron chi connectivity index (χ3n) is 3.33. The first-order chi connectivity index (χ1) is 10.1. The lowest BCUT2D eigenvalue weighted by atomic mass is 10.1. The smallest absolute Gasteiger partial charge is 0.191 e. The first-order valence-corrected chi connectivity index (χ1v) is 7.52. The van der Waals surface area contributed by atoms with E-state index in [1.165, 1.54) is 0 Å². The highest BCUT2D eigenvalue weighted by atomic mass is 127. The van der Waals surface area contributed by atoms with Gasteiger partial charge in [-0.1, -0.05) is 19.1 Å². The van der Waals surface area contributed by atoms with Crippen molar-refractivity contribution in [1.29, 1.82) is 0 Å². The van der Waals surface area contributed by atoms with E-state index in [1.54, 1.807) is 19.1 Å². The molecule has 0 atom stereocenters. The Bertz CT molecular complexity index is 465. The molecule has 0 aliphatic heterocycles. The fraction of sp³-hybridized carbons (Fsp3) is 0.562. The minimum absolute atomic E-state index is 0. The predicted molar refractivity (Wildman–Crippen MR) is 103 cm³/mol. The molecular weight excluding hydrogens is 394 g/mol. The minimum atomic E-state index is -0.176. The molecule has 0 spiro atoms. The van der Waals surface area contributed by atoms with Gasteiger partial charge in [-0.3, -0.25) is 0 Å². The maximum atomic E-state index is 13.5. The molecule has 0 saturated carbocycles. The number of nitrogens with one attached hydrogen (secondary N) is 2. The van der Waals surface area contributed by atoms with Gasteiger partial charge in [0.15, 0.2) is 5.96 Å². The zero-order chi connectivity index (χ0) is 15.7. The fourth-order valence-electron chi connectivity index (χ4n) is 1.77. The zero-order valence-corrected chi connectivity index (χ0v) is 16.3. The van der Waals surface area contributed by atoms with Crippen molar-refractivity contribution in [3.05, 3.63) is 35.1 Å². The molecule has 2 N–H and O–H groups in total. The highest BCUT2D eigenvalue weighted by molar-refractivity contribution is 14.0. The van der Waals surface area contributed by atoms with Gasteiger partial charge in [-0.15, -0.1) is 24.0 Å². The molecule has 4 nitrogen and oxygen atoms in total. The molecule has 0 unspecified atom stereocenters.